The van der Waals surface area contributed by atoms with Crippen molar-refractivity contribution in [1.29, 1.82) is 0 Å². The lowest BCUT2D eigenvalue weighted by Crippen LogP contribution is -2.39. The van der Waals surface area contributed by atoms with E-state index in [1.54, 1.807) is 38.1 Å². The third-order valence-electron chi connectivity index (χ3n) is 3.49. The smallest absolute Gasteiger partial charge is 0.244 e. The van der Waals surface area contributed by atoms with Crippen LogP contribution < -0.4 is 10.6 Å². The van der Waals surface area contributed by atoms with Crippen LogP contribution in [0.15, 0.2) is 45.4 Å². The largest absolute Gasteiger partial charge is 0.465 e. The van der Waals surface area contributed by atoms with E-state index in [2.05, 4.69) is 10.6 Å². The first-order valence-corrected chi connectivity index (χ1v) is 7.92. The van der Waals surface area contributed by atoms with Gasteiger partial charge in [-0.2, -0.15) is 0 Å². The maximum Gasteiger partial charge on any atom is 0.244 e. The molecule has 1 atom stereocenters. The molecule has 0 aliphatic rings. The van der Waals surface area contributed by atoms with Gasteiger partial charge in [0.05, 0.1) is 12.8 Å². The summed E-state index contributed by atoms with van der Waals surface area (Å²) in [7, 11) is 0. The molecule has 7 nitrogen and oxygen atoms in total. The molecule has 0 radical (unpaired) electrons. The number of carbonyl (C=O) groups is 2. The Morgan fingerprint density at radius 3 is 2.72 bits per heavy atom. The Morgan fingerprint density at radius 2 is 2.08 bits per heavy atom. The molecular formula is C18H22N2O5. The third-order valence-corrected chi connectivity index (χ3v) is 3.49. The van der Waals surface area contributed by atoms with Crippen LogP contribution in [0.1, 0.15) is 30.6 Å². The van der Waals surface area contributed by atoms with Crippen molar-refractivity contribution in [1.82, 2.24) is 10.6 Å². The van der Waals surface area contributed by atoms with Gasteiger partial charge in [0.15, 0.2) is 0 Å². The number of amides is 2. The molecule has 7 heteroatoms. The molecule has 3 N–H and O–H groups in total. The number of hydrogen-bond acceptors (Lipinski definition) is 5. The van der Waals surface area contributed by atoms with Crippen molar-refractivity contribution >= 4 is 17.9 Å². The molecule has 0 aromatic carbocycles. The van der Waals surface area contributed by atoms with E-state index < -0.39 is 5.60 Å². The van der Waals surface area contributed by atoms with Crippen molar-refractivity contribution in [2.45, 2.75) is 25.9 Å². The van der Waals surface area contributed by atoms with E-state index in [0.29, 0.717) is 17.3 Å². The minimum absolute atomic E-state index is 0.0190. The van der Waals surface area contributed by atoms with Crippen LogP contribution in [0, 0.1) is 6.92 Å². The topological polar surface area (TPSA) is 105 Å². The first-order chi connectivity index (χ1) is 11.9. The van der Waals surface area contributed by atoms with Crippen LogP contribution in [0.4, 0.5) is 0 Å². The lowest BCUT2D eigenvalue weighted by molar-refractivity contribution is -0.122. The zero-order valence-electron chi connectivity index (χ0n) is 14.2. The lowest BCUT2D eigenvalue weighted by Gasteiger charge is -2.21. The Labute approximate surface area is 145 Å². The standard InChI is InChI=1S/C18H22N2O5/c1-13-5-7-15(25-13)18(2,23)12-20-17(22)9-10-19-16(21)8-6-14-4-3-11-24-14/h3-8,11,23H,9-10,12H2,1-2H3,(H,19,21)(H,20,22). The summed E-state index contributed by atoms with van der Waals surface area (Å²) >= 11 is 0. The van der Waals surface area contributed by atoms with Gasteiger partial charge in [0, 0.05) is 19.0 Å². The highest BCUT2D eigenvalue weighted by Crippen LogP contribution is 2.21. The summed E-state index contributed by atoms with van der Waals surface area (Å²) < 4.78 is 10.4. The van der Waals surface area contributed by atoms with Crippen molar-refractivity contribution in [2.75, 3.05) is 13.1 Å². The molecule has 0 fully saturated rings. The molecule has 2 amide bonds. The van der Waals surface area contributed by atoms with Gasteiger partial charge < -0.3 is 24.6 Å². The molecule has 0 aliphatic carbocycles. The van der Waals surface area contributed by atoms with E-state index in [4.69, 9.17) is 8.83 Å². The molecule has 0 aliphatic heterocycles. The number of furan rings is 2. The molecule has 0 saturated heterocycles. The molecule has 0 spiro atoms. The van der Waals surface area contributed by atoms with Gasteiger partial charge in [0.2, 0.25) is 11.8 Å². The number of nitrogens with one attached hydrogen (secondary N) is 2. The molecule has 25 heavy (non-hydrogen) atoms. The van der Waals surface area contributed by atoms with Gasteiger partial charge in [-0.25, -0.2) is 0 Å². The molecule has 134 valence electrons. The van der Waals surface area contributed by atoms with Crippen LogP contribution in [0.2, 0.25) is 0 Å². The van der Waals surface area contributed by atoms with Crippen LogP contribution in [-0.2, 0) is 15.2 Å². The summed E-state index contributed by atoms with van der Waals surface area (Å²) in [5.41, 5.74) is -1.29. The van der Waals surface area contributed by atoms with Crippen molar-refractivity contribution in [3.8, 4) is 0 Å². The second-order valence-corrected chi connectivity index (χ2v) is 5.85. The van der Waals surface area contributed by atoms with E-state index in [-0.39, 0.29) is 31.3 Å². The second kappa shape index (κ2) is 8.34. The first kappa shape index (κ1) is 18.5. The maximum atomic E-state index is 11.8. The van der Waals surface area contributed by atoms with Crippen molar-refractivity contribution in [2.24, 2.45) is 0 Å². The number of hydrogen-bond donors (Lipinski definition) is 3. The van der Waals surface area contributed by atoms with Gasteiger partial charge in [-0.15, -0.1) is 0 Å². The summed E-state index contributed by atoms with van der Waals surface area (Å²) in [6, 6.07) is 6.87. The SMILES string of the molecule is Cc1ccc(C(C)(O)CNC(=O)CCNC(=O)C=Cc2ccco2)o1. The monoisotopic (exact) mass is 346 g/mol. The Bertz CT molecular complexity index is 728. The van der Waals surface area contributed by atoms with E-state index in [1.807, 2.05) is 0 Å². The quantitative estimate of drug-likeness (QED) is 0.631. The first-order valence-electron chi connectivity index (χ1n) is 7.92. The van der Waals surface area contributed by atoms with Crippen LogP contribution in [0.5, 0.6) is 0 Å². The normalized spacial score (nSPS) is 13.6. The molecule has 2 aromatic rings. The Hall–Kier alpha value is -2.80. The molecule has 1 unspecified atom stereocenters. The average molecular weight is 346 g/mol. The Morgan fingerprint density at radius 1 is 1.28 bits per heavy atom. The van der Waals surface area contributed by atoms with Gasteiger partial charge in [0.25, 0.3) is 0 Å². The summed E-state index contributed by atoms with van der Waals surface area (Å²) in [4.78, 5) is 23.4. The molecule has 2 heterocycles. The fourth-order valence-corrected chi connectivity index (χ4v) is 2.07. The predicted octanol–water partition coefficient (Wildman–Crippen LogP) is 1.72. The van der Waals surface area contributed by atoms with Gasteiger partial charge in [0.1, 0.15) is 22.9 Å². The van der Waals surface area contributed by atoms with Gasteiger partial charge in [-0.1, -0.05) is 0 Å². The van der Waals surface area contributed by atoms with E-state index >= 15 is 0 Å². The van der Waals surface area contributed by atoms with E-state index in [0.717, 1.165) is 0 Å². The molecule has 2 rings (SSSR count). The number of aryl methyl sites for hydroxylation is 1. The maximum absolute atomic E-state index is 11.8. The van der Waals surface area contributed by atoms with Crippen molar-refractivity contribution in [3.63, 3.8) is 0 Å². The minimum atomic E-state index is -1.29. The molecular weight excluding hydrogens is 324 g/mol. The van der Waals surface area contributed by atoms with Crippen LogP contribution >= 0.6 is 0 Å². The Balaban J connectivity index is 1.67. The van der Waals surface area contributed by atoms with Crippen LogP contribution in [-0.4, -0.2) is 30.0 Å². The lowest BCUT2D eigenvalue weighted by atomic mass is 10.0. The van der Waals surface area contributed by atoms with E-state index in [1.165, 1.54) is 18.4 Å². The highest BCUT2D eigenvalue weighted by molar-refractivity contribution is 5.91. The molecule has 0 bridgehead atoms. The van der Waals surface area contributed by atoms with Crippen molar-refractivity contribution < 1.29 is 23.5 Å². The summed E-state index contributed by atoms with van der Waals surface area (Å²) in [5.74, 6) is 1.05. The highest BCUT2D eigenvalue weighted by atomic mass is 16.4. The zero-order valence-corrected chi connectivity index (χ0v) is 14.2. The number of aliphatic hydroxyl groups is 1. The Kier molecular flexibility index (Phi) is 6.19. The fraction of sp³-hybridized carbons (Fsp3) is 0.333. The van der Waals surface area contributed by atoms with Gasteiger partial charge in [-0.3, -0.25) is 9.59 Å². The minimum Gasteiger partial charge on any atom is -0.465 e. The van der Waals surface area contributed by atoms with Crippen LogP contribution in [0.25, 0.3) is 6.08 Å². The van der Waals surface area contributed by atoms with E-state index in [9.17, 15) is 14.7 Å². The number of rotatable bonds is 8. The van der Waals surface area contributed by atoms with Crippen LogP contribution in [0.3, 0.4) is 0 Å². The zero-order chi connectivity index (χ0) is 18.3. The predicted molar refractivity (Wildman–Crippen MR) is 91.4 cm³/mol. The summed E-state index contributed by atoms with van der Waals surface area (Å²) in [6.45, 7) is 3.55. The second-order valence-electron chi connectivity index (χ2n) is 5.85. The van der Waals surface area contributed by atoms with Gasteiger partial charge >= 0.3 is 0 Å². The van der Waals surface area contributed by atoms with Crippen molar-refractivity contribution in [3.05, 3.63) is 53.9 Å². The third kappa shape index (κ3) is 5.96. The number of carbonyl (C=O) groups excluding carboxylic acids is 2. The molecule has 2 aromatic heterocycles. The summed E-state index contributed by atoms with van der Waals surface area (Å²) in [6.07, 6.45) is 4.49. The summed E-state index contributed by atoms with van der Waals surface area (Å²) in [5, 5.41) is 15.6. The van der Waals surface area contributed by atoms with Gasteiger partial charge in [-0.05, 0) is 44.2 Å². The highest BCUT2D eigenvalue weighted by Gasteiger charge is 2.27. The molecule has 0 saturated carbocycles. The average Bonchev–Trinajstić information content (AvgIpc) is 3.23. The fourth-order valence-electron chi connectivity index (χ4n) is 2.07.